The molecule has 0 aromatic heterocycles. The van der Waals surface area contributed by atoms with Gasteiger partial charge in [-0.05, 0) is 54.2 Å². The molecular formula is C30H32Cl2N2O2. The summed E-state index contributed by atoms with van der Waals surface area (Å²) in [5.41, 5.74) is 2.82. The fourth-order valence-corrected chi connectivity index (χ4v) is 5.28. The molecule has 4 rings (SSSR count). The lowest BCUT2D eigenvalue weighted by molar-refractivity contribution is -0.141. The molecule has 3 aromatic rings. The highest BCUT2D eigenvalue weighted by Crippen LogP contribution is 2.22. The topological polar surface area (TPSA) is 49.4 Å². The van der Waals surface area contributed by atoms with Crippen molar-refractivity contribution in [1.82, 2.24) is 10.2 Å². The summed E-state index contributed by atoms with van der Waals surface area (Å²) in [6, 6.07) is 24.4. The summed E-state index contributed by atoms with van der Waals surface area (Å²) in [6.45, 7) is 0.303. The summed E-state index contributed by atoms with van der Waals surface area (Å²) in [5, 5.41) is 4.48. The molecule has 36 heavy (non-hydrogen) atoms. The Labute approximate surface area is 223 Å². The lowest BCUT2D eigenvalue weighted by Gasteiger charge is -2.32. The lowest BCUT2D eigenvalue weighted by Crippen LogP contribution is -2.52. The molecule has 2 amide bonds. The fourth-order valence-electron chi connectivity index (χ4n) is 4.84. The summed E-state index contributed by atoms with van der Waals surface area (Å²) in [4.78, 5) is 29.2. The monoisotopic (exact) mass is 522 g/mol. The number of halogens is 2. The SMILES string of the molecule is O=C(NC1CCCC1)[C@H](Cc1ccccc1)N(Cc1cccc(Cl)c1)C(=O)CCc1ccccc1Cl. The molecule has 3 aromatic carbocycles. The molecule has 1 fully saturated rings. The average Bonchev–Trinajstić information content (AvgIpc) is 3.39. The van der Waals surface area contributed by atoms with Gasteiger partial charge in [0, 0.05) is 35.5 Å². The molecule has 1 aliphatic carbocycles. The van der Waals surface area contributed by atoms with Crippen molar-refractivity contribution in [1.29, 1.82) is 0 Å². The molecule has 0 unspecified atom stereocenters. The number of benzene rings is 3. The molecule has 1 saturated carbocycles. The van der Waals surface area contributed by atoms with Crippen molar-refractivity contribution in [2.24, 2.45) is 0 Å². The zero-order valence-electron chi connectivity index (χ0n) is 20.3. The van der Waals surface area contributed by atoms with Gasteiger partial charge in [-0.15, -0.1) is 0 Å². The van der Waals surface area contributed by atoms with Gasteiger partial charge >= 0.3 is 0 Å². The van der Waals surface area contributed by atoms with Crippen LogP contribution in [0.5, 0.6) is 0 Å². The van der Waals surface area contributed by atoms with Crippen LogP contribution in [0, 0.1) is 0 Å². The van der Waals surface area contributed by atoms with Gasteiger partial charge in [0.2, 0.25) is 11.8 Å². The van der Waals surface area contributed by atoms with Crippen molar-refractivity contribution in [2.75, 3.05) is 0 Å². The van der Waals surface area contributed by atoms with Crippen LogP contribution in [0.25, 0.3) is 0 Å². The minimum absolute atomic E-state index is 0.0857. The first-order valence-corrected chi connectivity index (χ1v) is 13.4. The van der Waals surface area contributed by atoms with E-state index in [1.807, 2.05) is 78.9 Å². The van der Waals surface area contributed by atoms with Crippen LogP contribution in [-0.4, -0.2) is 28.8 Å². The average molecular weight is 524 g/mol. The Morgan fingerprint density at radius 1 is 0.889 bits per heavy atom. The second kappa shape index (κ2) is 12.9. The molecular weight excluding hydrogens is 491 g/mol. The minimum atomic E-state index is -0.634. The minimum Gasteiger partial charge on any atom is -0.352 e. The van der Waals surface area contributed by atoms with Crippen LogP contribution in [0.3, 0.4) is 0 Å². The smallest absolute Gasteiger partial charge is 0.243 e. The summed E-state index contributed by atoms with van der Waals surface area (Å²) in [5.74, 6) is -0.184. The molecule has 1 atom stereocenters. The highest BCUT2D eigenvalue weighted by molar-refractivity contribution is 6.31. The number of rotatable bonds is 10. The van der Waals surface area contributed by atoms with Crippen LogP contribution in [0.1, 0.15) is 48.8 Å². The molecule has 0 aliphatic heterocycles. The fraction of sp³-hybridized carbons (Fsp3) is 0.333. The van der Waals surface area contributed by atoms with Crippen LogP contribution in [0.4, 0.5) is 0 Å². The van der Waals surface area contributed by atoms with Gasteiger partial charge in [-0.25, -0.2) is 0 Å². The van der Waals surface area contributed by atoms with Gasteiger partial charge < -0.3 is 10.2 Å². The lowest BCUT2D eigenvalue weighted by atomic mass is 10.0. The number of hydrogen-bond acceptors (Lipinski definition) is 2. The molecule has 0 saturated heterocycles. The maximum absolute atomic E-state index is 13.8. The van der Waals surface area contributed by atoms with Gasteiger partial charge in [0.05, 0.1) is 0 Å². The third kappa shape index (κ3) is 7.35. The number of amides is 2. The largest absolute Gasteiger partial charge is 0.352 e. The molecule has 1 N–H and O–H groups in total. The highest BCUT2D eigenvalue weighted by atomic mass is 35.5. The zero-order valence-corrected chi connectivity index (χ0v) is 21.8. The molecule has 6 heteroatoms. The standard InChI is InChI=1S/C30H32Cl2N2O2/c31-25-13-8-11-23(19-25)21-34(29(35)18-17-24-12-4-7-16-27(24)32)28(20-22-9-2-1-3-10-22)30(36)33-26-14-5-6-15-26/h1-4,7-13,16,19,26,28H,5-6,14-15,17-18,20-21H2,(H,33,36)/t28-/m0/s1. The van der Waals surface area contributed by atoms with E-state index in [0.29, 0.717) is 29.4 Å². The molecule has 1 aliphatic rings. The van der Waals surface area contributed by atoms with Gasteiger partial charge in [0.25, 0.3) is 0 Å². The van der Waals surface area contributed by atoms with Crippen molar-refractivity contribution >= 4 is 35.0 Å². The number of carbonyl (C=O) groups excluding carboxylic acids is 2. The van der Waals surface area contributed by atoms with E-state index in [9.17, 15) is 9.59 Å². The quantitative estimate of drug-likeness (QED) is 0.325. The summed E-state index contributed by atoms with van der Waals surface area (Å²) < 4.78 is 0. The van der Waals surface area contributed by atoms with Crippen molar-refractivity contribution in [3.8, 4) is 0 Å². The zero-order chi connectivity index (χ0) is 25.3. The Bertz CT molecular complexity index is 1160. The first-order valence-electron chi connectivity index (χ1n) is 12.6. The third-order valence-corrected chi connectivity index (χ3v) is 7.38. The Balaban J connectivity index is 1.62. The molecule has 0 bridgehead atoms. The Kier molecular flexibility index (Phi) is 9.43. The highest BCUT2D eigenvalue weighted by Gasteiger charge is 2.32. The van der Waals surface area contributed by atoms with E-state index in [0.717, 1.165) is 42.4 Å². The predicted octanol–water partition coefficient (Wildman–Crippen LogP) is 6.62. The number of carbonyl (C=O) groups is 2. The second-order valence-corrected chi connectivity index (χ2v) is 10.3. The Morgan fingerprint density at radius 2 is 1.58 bits per heavy atom. The van der Waals surface area contributed by atoms with E-state index >= 15 is 0 Å². The maximum atomic E-state index is 13.8. The van der Waals surface area contributed by atoms with Gasteiger partial charge in [-0.2, -0.15) is 0 Å². The summed E-state index contributed by atoms with van der Waals surface area (Å²) in [6.07, 6.45) is 5.42. The Hall–Kier alpha value is -2.82. The van der Waals surface area contributed by atoms with Gasteiger partial charge in [-0.3, -0.25) is 9.59 Å². The van der Waals surface area contributed by atoms with E-state index in [1.165, 1.54) is 0 Å². The van der Waals surface area contributed by atoms with Gasteiger partial charge in [-0.1, -0.05) is 96.7 Å². The number of nitrogens with zero attached hydrogens (tertiary/aromatic N) is 1. The Morgan fingerprint density at radius 3 is 2.31 bits per heavy atom. The molecule has 188 valence electrons. The normalized spacial score (nSPS) is 14.4. The molecule has 0 radical (unpaired) electrons. The first kappa shape index (κ1) is 26.2. The van der Waals surface area contributed by atoms with E-state index < -0.39 is 6.04 Å². The summed E-state index contributed by atoms with van der Waals surface area (Å²) >= 11 is 12.6. The van der Waals surface area contributed by atoms with Crippen LogP contribution in [0.2, 0.25) is 10.0 Å². The van der Waals surface area contributed by atoms with Crippen molar-refractivity contribution in [3.63, 3.8) is 0 Å². The summed E-state index contributed by atoms with van der Waals surface area (Å²) in [7, 11) is 0. The predicted molar refractivity (Wildman–Crippen MR) is 146 cm³/mol. The maximum Gasteiger partial charge on any atom is 0.243 e. The molecule has 0 spiro atoms. The van der Waals surface area contributed by atoms with Crippen molar-refractivity contribution in [3.05, 3.63) is 106 Å². The van der Waals surface area contributed by atoms with E-state index in [-0.39, 0.29) is 24.3 Å². The van der Waals surface area contributed by atoms with Crippen molar-refractivity contribution in [2.45, 2.75) is 63.6 Å². The van der Waals surface area contributed by atoms with Crippen LogP contribution >= 0.6 is 23.2 Å². The van der Waals surface area contributed by atoms with E-state index in [4.69, 9.17) is 23.2 Å². The molecule has 0 heterocycles. The van der Waals surface area contributed by atoms with Crippen LogP contribution < -0.4 is 5.32 Å². The van der Waals surface area contributed by atoms with Gasteiger partial charge in [0.15, 0.2) is 0 Å². The number of hydrogen-bond donors (Lipinski definition) is 1. The van der Waals surface area contributed by atoms with Crippen molar-refractivity contribution < 1.29 is 9.59 Å². The first-order chi connectivity index (χ1) is 17.5. The van der Waals surface area contributed by atoms with E-state index in [1.54, 1.807) is 4.90 Å². The van der Waals surface area contributed by atoms with Gasteiger partial charge in [0.1, 0.15) is 6.04 Å². The van der Waals surface area contributed by atoms with Crippen LogP contribution in [0.15, 0.2) is 78.9 Å². The second-order valence-electron chi connectivity index (χ2n) is 9.44. The van der Waals surface area contributed by atoms with E-state index in [2.05, 4.69) is 5.32 Å². The van der Waals surface area contributed by atoms with Crippen LogP contribution in [-0.2, 0) is 29.0 Å². The molecule has 4 nitrogen and oxygen atoms in total. The third-order valence-electron chi connectivity index (χ3n) is 6.78. The number of aryl methyl sites for hydroxylation is 1. The number of nitrogens with one attached hydrogen (secondary N) is 1.